The van der Waals surface area contributed by atoms with Gasteiger partial charge in [-0.05, 0) is 30.5 Å². The molecule has 0 atom stereocenters. The van der Waals surface area contributed by atoms with E-state index in [0.717, 1.165) is 29.3 Å². The minimum absolute atomic E-state index is 0.874. The van der Waals surface area contributed by atoms with E-state index in [1.807, 2.05) is 0 Å². The van der Waals surface area contributed by atoms with Crippen LogP contribution < -0.4 is 10.2 Å². The number of anilines is 1. The Bertz CT molecular complexity index is 493. The standard InChI is InChI=1S/C12H16BrN3.C5H12/c1-8-10(12-14-4-5-15-12)6-9(13)7-11(8)16(2)3;1-4-5(2)3/h6-7H,4-5H2,1-3H3,(H,14,15);5H,4H2,1-3H3. The lowest BCUT2D eigenvalue weighted by Crippen LogP contribution is -2.21. The second-order valence-corrected chi connectivity index (χ2v) is 6.87. The Labute approximate surface area is 138 Å². The maximum absolute atomic E-state index is 4.47. The van der Waals surface area contributed by atoms with Crippen LogP contribution >= 0.6 is 15.9 Å². The highest BCUT2D eigenvalue weighted by Gasteiger charge is 2.14. The molecule has 21 heavy (non-hydrogen) atoms. The number of hydrogen-bond acceptors (Lipinski definition) is 3. The highest BCUT2D eigenvalue weighted by Crippen LogP contribution is 2.27. The molecule has 1 aromatic rings. The van der Waals surface area contributed by atoms with Gasteiger partial charge in [0, 0.05) is 36.4 Å². The van der Waals surface area contributed by atoms with Crippen molar-refractivity contribution in [3.05, 3.63) is 27.7 Å². The van der Waals surface area contributed by atoms with E-state index in [2.05, 4.69) is 85.1 Å². The summed E-state index contributed by atoms with van der Waals surface area (Å²) in [6.45, 7) is 10.6. The summed E-state index contributed by atoms with van der Waals surface area (Å²) in [6, 6.07) is 4.26. The third-order valence-corrected chi connectivity index (χ3v) is 4.03. The van der Waals surface area contributed by atoms with Crippen molar-refractivity contribution in [2.24, 2.45) is 10.9 Å². The molecule has 1 aliphatic heterocycles. The predicted molar refractivity (Wildman–Crippen MR) is 97.7 cm³/mol. The van der Waals surface area contributed by atoms with Gasteiger partial charge in [-0.25, -0.2) is 0 Å². The maximum atomic E-state index is 4.47. The lowest BCUT2D eigenvalue weighted by molar-refractivity contribution is 0.626. The van der Waals surface area contributed by atoms with Gasteiger partial charge in [0.15, 0.2) is 0 Å². The van der Waals surface area contributed by atoms with Crippen molar-refractivity contribution < 1.29 is 0 Å². The quantitative estimate of drug-likeness (QED) is 0.880. The second kappa shape index (κ2) is 8.42. The summed E-state index contributed by atoms with van der Waals surface area (Å²) in [4.78, 5) is 6.60. The van der Waals surface area contributed by atoms with E-state index < -0.39 is 0 Å². The van der Waals surface area contributed by atoms with Crippen LogP contribution in [0, 0.1) is 12.8 Å². The topological polar surface area (TPSA) is 27.6 Å². The van der Waals surface area contributed by atoms with E-state index >= 15 is 0 Å². The molecule has 0 unspecified atom stereocenters. The van der Waals surface area contributed by atoms with Crippen molar-refractivity contribution in [1.29, 1.82) is 0 Å². The van der Waals surface area contributed by atoms with Crippen molar-refractivity contribution in [2.45, 2.75) is 34.1 Å². The lowest BCUT2D eigenvalue weighted by atomic mass is 10.1. The molecule has 0 amide bonds. The highest BCUT2D eigenvalue weighted by atomic mass is 79.9. The molecule has 1 N–H and O–H groups in total. The molecule has 0 fully saturated rings. The molecule has 3 nitrogen and oxygen atoms in total. The fourth-order valence-electron chi connectivity index (χ4n) is 1.95. The van der Waals surface area contributed by atoms with Gasteiger partial charge in [-0.15, -0.1) is 0 Å². The van der Waals surface area contributed by atoms with Gasteiger partial charge in [-0.2, -0.15) is 0 Å². The molecule has 4 heteroatoms. The zero-order valence-corrected chi connectivity index (χ0v) is 15.7. The number of halogens is 1. The van der Waals surface area contributed by atoms with Gasteiger partial charge in [0.1, 0.15) is 5.84 Å². The molecule has 0 aliphatic carbocycles. The number of amidine groups is 1. The first kappa shape index (κ1) is 18.0. The average molecular weight is 354 g/mol. The highest BCUT2D eigenvalue weighted by molar-refractivity contribution is 9.10. The van der Waals surface area contributed by atoms with Gasteiger partial charge in [0.25, 0.3) is 0 Å². The lowest BCUT2D eigenvalue weighted by Gasteiger charge is -2.19. The van der Waals surface area contributed by atoms with Gasteiger partial charge in [0.05, 0.1) is 6.54 Å². The van der Waals surface area contributed by atoms with Crippen LogP contribution in [0.25, 0.3) is 0 Å². The van der Waals surface area contributed by atoms with E-state index in [9.17, 15) is 0 Å². The molecule has 1 aromatic carbocycles. The maximum Gasteiger partial charge on any atom is 0.128 e. The van der Waals surface area contributed by atoms with Crippen molar-refractivity contribution in [3.63, 3.8) is 0 Å². The fourth-order valence-corrected chi connectivity index (χ4v) is 2.40. The monoisotopic (exact) mass is 353 g/mol. The molecular formula is C17H28BrN3. The van der Waals surface area contributed by atoms with Gasteiger partial charge in [-0.3, -0.25) is 4.99 Å². The van der Waals surface area contributed by atoms with Crippen molar-refractivity contribution in [1.82, 2.24) is 5.32 Å². The summed E-state index contributed by atoms with van der Waals surface area (Å²) in [5, 5.41) is 3.32. The first-order valence-electron chi connectivity index (χ1n) is 7.63. The van der Waals surface area contributed by atoms with E-state index in [-0.39, 0.29) is 0 Å². The number of hydrogen-bond donors (Lipinski definition) is 1. The van der Waals surface area contributed by atoms with Crippen LogP contribution in [-0.4, -0.2) is 33.0 Å². The van der Waals surface area contributed by atoms with Crippen LogP contribution in [-0.2, 0) is 0 Å². The summed E-state index contributed by atoms with van der Waals surface area (Å²) in [6.07, 6.45) is 1.31. The smallest absolute Gasteiger partial charge is 0.128 e. The molecule has 0 spiro atoms. The minimum atomic E-state index is 0.874. The third-order valence-electron chi connectivity index (χ3n) is 3.57. The largest absolute Gasteiger partial charge is 0.377 e. The summed E-state index contributed by atoms with van der Waals surface area (Å²) < 4.78 is 1.09. The van der Waals surface area contributed by atoms with Crippen molar-refractivity contribution in [3.8, 4) is 0 Å². The molecule has 0 bridgehead atoms. The predicted octanol–water partition coefficient (Wildman–Crippen LogP) is 4.23. The number of rotatable bonds is 3. The molecular weight excluding hydrogens is 326 g/mol. The van der Waals surface area contributed by atoms with Gasteiger partial charge >= 0.3 is 0 Å². The molecule has 1 aliphatic rings. The van der Waals surface area contributed by atoms with Crippen molar-refractivity contribution in [2.75, 3.05) is 32.1 Å². The van der Waals surface area contributed by atoms with Crippen LogP contribution in [0.5, 0.6) is 0 Å². The number of benzene rings is 1. The van der Waals surface area contributed by atoms with Crippen LogP contribution in [0.2, 0.25) is 0 Å². The first-order valence-corrected chi connectivity index (χ1v) is 8.42. The summed E-state index contributed by atoms with van der Waals surface area (Å²) in [5.74, 6) is 1.90. The normalized spacial score (nSPS) is 13.4. The van der Waals surface area contributed by atoms with Gasteiger partial charge in [-0.1, -0.05) is 43.1 Å². The Morgan fingerprint density at radius 2 is 1.95 bits per heavy atom. The number of aliphatic imine (C=N–C) groups is 1. The van der Waals surface area contributed by atoms with Crippen LogP contribution in [0.4, 0.5) is 5.69 Å². The molecule has 2 rings (SSSR count). The first-order chi connectivity index (χ1) is 9.86. The van der Waals surface area contributed by atoms with E-state index in [1.165, 1.54) is 23.2 Å². The van der Waals surface area contributed by atoms with Gasteiger partial charge < -0.3 is 10.2 Å². The molecule has 0 saturated heterocycles. The van der Waals surface area contributed by atoms with Crippen LogP contribution in [0.1, 0.15) is 38.3 Å². The van der Waals surface area contributed by atoms with E-state index in [4.69, 9.17) is 0 Å². The summed E-state index contributed by atoms with van der Waals surface area (Å²) in [5.41, 5.74) is 3.68. The SMILES string of the molecule is CCC(C)C.Cc1c(C2=NCCN2)cc(Br)cc1N(C)C. The Balaban J connectivity index is 0.000000383. The fraction of sp³-hybridized carbons (Fsp3) is 0.588. The molecule has 0 saturated carbocycles. The summed E-state index contributed by atoms with van der Waals surface area (Å²) in [7, 11) is 4.12. The Kier molecular flexibility index (Phi) is 7.23. The zero-order chi connectivity index (χ0) is 16.0. The number of nitrogens with one attached hydrogen (secondary N) is 1. The third kappa shape index (κ3) is 5.34. The molecule has 118 valence electrons. The number of nitrogens with zero attached hydrogens (tertiary/aromatic N) is 2. The summed E-state index contributed by atoms with van der Waals surface area (Å²) >= 11 is 3.55. The van der Waals surface area contributed by atoms with Crippen LogP contribution in [0.3, 0.4) is 0 Å². The second-order valence-electron chi connectivity index (χ2n) is 5.95. The Hall–Kier alpha value is -1.03. The van der Waals surface area contributed by atoms with E-state index in [1.54, 1.807) is 0 Å². The van der Waals surface area contributed by atoms with E-state index in [0.29, 0.717) is 0 Å². The molecule has 1 heterocycles. The zero-order valence-electron chi connectivity index (χ0n) is 14.1. The minimum Gasteiger partial charge on any atom is -0.377 e. The molecule has 0 radical (unpaired) electrons. The average Bonchev–Trinajstić information content (AvgIpc) is 2.95. The Morgan fingerprint density at radius 1 is 1.33 bits per heavy atom. The van der Waals surface area contributed by atoms with Crippen LogP contribution in [0.15, 0.2) is 21.6 Å². The van der Waals surface area contributed by atoms with Gasteiger partial charge in [0.2, 0.25) is 0 Å². The Morgan fingerprint density at radius 3 is 2.38 bits per heavy atom. The van der Waals surface area contributed by atoms with Crippen molar-refractivity contribution >= 4 is 27.5 Å². The molecule has 0 aromatic heterocycles.